The van der Waals surface area contributed by atoms with E-state index in [1.807, 2.05) is 48.5 Å². The Bertz CT molecular complexity index is 1260. The Morgan fingerprint density at radius 1 is 0.610 bits per heavy atom. The third-order valence-electron chi connectivity index (χ3n) is 6.95. The quantitative estimate of drug-likeness (QED) is 0.124. The number of ether oxygens (including phenoxy) is 1. The molecule has 7 heteroatoms. The molecule has 4 rings (SSSR count). The number of rotatable bonds is 14. The molecule has 4 atom stereocenters. The molecule has 0 aliphatic heterocycles. The second-order valence-electron chi connectivity index (χ2n) is 10.6. The van der Waals surface area contributed by atoms with Crippen molar-refractivity contribution in [2.45, 2.75) is 51.0 Å². The normalized spacial score (nSPS) is 14.3. The highest BCUT2D eigenvalue weighted by Crippen LogP contribution is 2.24. The molecular formula is C34H38Cl2N2O3. The lowest BCUT2D eigenvalue weighted by Crippen LogP contribution is -2.32. The SMILES string of the molecule is C[C@H](Cc1ccc(Oc2ccc(C[C@@H](C)NC[C@H](O)c3cccc(Cl)c3)cc2)cc1)NC[C@H](O)c1cccc(Cl)c1. The lowest BCUT2D eigenvalue weighted by molar-refractivity contribution is 0.170. The van der Waals surface area contributed by atoms with Crippen LogP contribution in [0.2, 0.25) is 10.0 Å². The fourth-order valence-corrected chi connectivity index (χ4v) is 5.06. The van der Waals surface area contributed by atoms with Crippen LogP contribution in [0.5, 0.6) is 11.5 Å². The van der Waals surface area contributed by atoms with Gasteiger partial charge in [0, 0.05) is 35.2 Å². The molecule has 0 heterocycles. The van der Waals surface area contributed by atoms with E-state index >= 15 is 0 Å². The Kier molecular flexibility index (Phi) is 11.6. The maximum Gasteiger partial charge on any atom is 0.127 e. The second-order valence-corrected chi connectivity index (χ2v) is 11.4. The van der Waals surface area contributed by atoms with E-state index in [1.165, 1.54) is 11.1 Å². The first-order valence-corrected chi connectivity index (χ1v) is 14.7. The van der Waals surface area contributed by atoms with Crippen molar-refractivity contribution in [2.24, 2.45) is 0 Å². The van der Waals surface area contributed by atoms with E-state index in [0.29, 0.717) is 23.1 Å². The molecule has 0 bridgehead atoms. The smallest absolute Gasteiger partial charge is 0.127 e. The third kappa shape index (κ3) is 10.2. The Morgan fingerprint density at radius 2 is 1.00 bits per heavy atom. The Labute approximate surface area is 253 Å². The van der Waals surface area contributed by atoms with Crippen LogP contribution in [0.25, 0.3) is 0 Å². The topological polar surface area (TPSA) is 73.8 Å². The number of hydrogen-bond donors (Lipinski definition) is 4. The van der Waals surface area contributed by atoms with Gasteiger partial charge in [-0.25, -0.2) is 0 Å². The van der Waals surface area contributed by atoms with E-state index in [9.17, 15) is 10.2 Å². The summed E-state index contributed by atoms with van der Waals surface area (Å²) in [6, 6.07) is 31.2. The molecule has 0 unspecified atom stereocenters. The summed E-state index contributed by atoms with van der Waals surface area (Å²) in [4.78, 5) is 0. The predicted octanol–water partition coefficient (Wildman–Crippen LogP) is 7.29. The number of nitrogens with one attached hydrogen (secondary N) is 2. The summed E-state index contributed by atoms with van der Waals surface area (Å²) in [5.41, 5.74) is 3.99. The monoisotopic (exact) mass is 592 g/mol. The van der Waals surface area contributed by atoms with Crippen LogP contribution in [0.15, 0.2) is 97.1 Å². The van der Waals surface area contributed by atoms with Crippen LogP contribution in [0, 0.1) is 0 Å². The Morgan fingerprint density at radius 3 is 1.37 bits per heavy atom. The highest BCUT2D eigenvalue weighted by atomic mass is 35.5. The molecule has 4 aromatic carbocycles. The molecule has 4 N–H and O–H groups in total. The summed E-state index contributed by atoms with van der Waals surface area (Å²) in [5.74, 6) is 1.56. The number of halogens is 2. The van der Waals surface area contributed by atoms with Gasteiger partial charge in [-0.3, -0.25) is 0 Å². The van der Waals surface area contributed by atoms with Crippen molar-refractivity contribution >= 4 is 23.2 Å². The number of aliphatic hydroxyl groups is 2. The molecule has 4 aromatic rings. The lowest BCUT2D eigenvalue weighted by atomic mass is 10.1. The molecule has 5 nitrogen and oxygen atoms in total. The molecule has 0 aliphatic rings. The number of hydrogen-bond acceptors (Lipinski definition) is 5. The van der Waals surface area contributed by atoms with Crippen LogP contribution in [-0.2, 0) is 12.8 Å². The third-order valence-corrected chi connectivity index (χ3v) is 7.42. The number of aliphatic hydroxyl groups excluding tert-OH is 2. The van der Waals surface area contributed by atoms with Gasteiger partial charge in [0.05, 0.1) is 12.2 Å². The summed E-state index contributed by atoms with van der Waals surface area (Å²) in [6.07, 6.45) is 0.454. The molecule has 0 radical (unpaired) electrons. The standard InChI is InChI=1S/C34H38Cl2N2O3/c1-23(37-21-33(39)27-5-3-7-29(35)19-27)17-25-9-13-31(14-10-25)41-32-15-11-26(12-16-32)18-24(2)38-22-34(40)28-6-4-8-30(36)20-28/h3-16,19-20,23-24,33-34,37-40H,17-18,21-22H2,1-2H3/t23-,24-,33+,34+/m1/s1. The fourth-order valence-electron chi connectivity index (χ4n) is 4.66. The molecule has 41 heavy (non-hydrogen) atoms. The van der Waals surface area contributed by atoms with Gasteiger partial charge in [-0.1, -0.05) is 71.7 Å². The van der Waals surface area contributed by atoms with E-state index in [-0.39, 0.29) is 12.1 Å². The van der Waals surface area contributed by atoms with Crippen molar-refractivity contribution in [3.05, 3.63) is 129 Å². The Hall–Kier alpha value is -2.90. The maximum atomic E-state index is 10.4. The van der Waals surface area contributed by atoms with Crippen molar-refractivity contribution in [2.75, 3.05) is 13.1 Å². The van der Waals surface area contributed by atoms with Gasteiger partial charge in [0.2, 0.25) is 0 Å². The molecule has 0 spiro atoms. The minimum absolute atomic E-state index is 0.195. The molecule has 216 valence electrons. The number of benzene rings is 4. The summed E-state index contributed by atoms with van der Waals surface area (Å²) >= 11 is 12.1. The minimum atomic E-state index is -0.606. The molecular weight excluding hydrogens is 555 g/mol. The van der Waals surface area contributed by atoms with Gasteiger partial charge in [-0.2, -0.15) is 0 Å². The predicted molar refractivity (Wildman–Crippen MR) is 168 cm³/mol. The zero-order valence-corrected chi connectivity index (χ0v) is 24.9. The first-order chi connectivity index (χ1) is 19.7. The summed E-state index contributed by atoms with van der Waals surface area (Å²) in [6.45, 7) is 5.12. The van der Waals surface area contributed by atoms with E-state index in [2.05, 4.69) is 48.7 Å². The van der Waals surface area contributed by atoms with Gasteiger partial charge >= 0.3 is 0 Å². The average molecular weight is 594 g/mol. The van der Waals surface area contributed by atoms with E-state index in [4.69, 9.17) is 27.9 Å². The van der Waals surface area contributed by atoms with Crippen LogP contribution in [0.1, 0.15) is 48.3 Å². The van der Waals surface area contributed by atoms with Gasteiger partial charge < -0.3 is 25.6 Å². The largest absolute Gasteiger partial charge is 0.457 e. The van der Waals surface area contributed by atoms with Crippen molar-refractivity contribution in [3.8, 4) is 11.5 Å². The fraction of sp³-hybridized carbons (Fsp3) is 0.294. The van der Waals surface area contributed by atoms with Crippen LogP contribution < -0.4 is 15.4 Å². The maximum absolute atomic E-state index is 10.4. The van der Waals surface area contributed by atoms with Crippen molar-refractivity contribution in [1.29, 1.82) is 0 Å². The second kappa shape index (κ2) is 15.4. The van der Waals surface area contributed by atoms with Crippen LogP contribution >= 0.6 is 23.2 Å². The van der Waals surface area contributed by atoms with E-state index < -0.39 is 12.2 Å². The highest BCUT2D eigenvalue weighted by Gasteiger charge is 2.12. The summed E-state index contributed by atoms with van der Waals surface area (Å²) < 4.78 is 6.05. The molecule has 0 amide bonds. The van der Waals surface area contributed by atoms with Crippen LogP contribution in [0.3, 0.4) is 0 Å². The van der Waals surface area contributed by atoms with Gasteiger partial charge in [0.15, 0.2) is 0 Å². The first-order valence-electron chi connectivity index (χ1n) is 13.9. The molecule has 0 fully saturated rings. The van der Waals surface area contributed by atoms with Gasteiger partial charge in [0.25, 0.3) is 0 Å². The van der Waals surface area contributed by atoms with Crippen molar-refractivity contribution in [1.82, 2.24) is 10.6 Å². The van der Waals surface area contributed by atoms with E-state index in [1.54, 1.807) is 24.3 Å². The molecule has 0 aromatic heterocycles. The summed E-state index contributed by atoms with van der Waals surface area (Å²) in [7, 11) is 0. The Balaban J connectivity index is 1.19. The van der Waals surface area contributed by atoms with Gasteiger partial charge in [-0.15, -0.1) is 0 Å². The van der Waals surface area contributed by atoms with Crippen LogP contribution in [-0.4, -0.2) is 35.4 Å². The molecule has 0 saturated carbocycles. The van der Waals surface area contributed by atoms with Crippen LogP contribution in [0.4, 0.5) is 0 Å². The highest BCUT2D eigenvalue weighted by molar-refractivity contribution is 6.30. The average Bonchev–Trinajstić information content (AvgIpc) is 2.96. The van der Waals surface area contributed by atoms with Gasteiger partial charge in [0.1, 0.15) is 11.5 Å². The molecule has 0 aliphatic carbocycles. The zero-order valence-electron chi connectivity index (χ0n) is 23.4. The zero-order chi connectivity index (χ0) is 29.2. The van der Waals surface area contributed by atoms with E-state index in [0.717, 1.165) is 35.5 Å². The first kappa shape index (κ1) is 31.0. The van der Waals surface area contributed by atoms with Gasteiger partial charge in [-0.05, 0) is 97.5 Å². The lowest BCUT2D eigenvalue weighted by Gasteiger charge is -2.18. The molecule has 0 saturated heterocycles. The van der Waals surface area contributed by atoms with Crippen molar-refractivity contribution in [3.63, 3.8) is 0 Å². The minimum Gasteiger partial charge on any atom is -0.457 e. The van der Waals surface area contributed by atoms with Crippen molar-refractivity contribution < 1.29 is 14.9 Å². The summed E-state index contributed by atoms with van der Waals surface area (Å²) in [5, 5.41) is 28.9.